The number of nitrogens with zero attached hydrogens (tertiary/aromatic N) is 3. The molecule has 0 saturated carbocycles. The number of aromatic nitrogens is 4. The lowest BCUT2D eigenvalue weighted by Crippen LogP contribution is -2.50. The number of halogens is 3. The van der Waals surface area contributed by atoms with Crippen molar-refractivity contribution >= 4 is 22.8 Å². The average molecular weight is 667 g/mol. The quantitative estimate of drug-likeness (QED) is 0.150. The third kappa shape index (κ3) is 9.12. The van der Waals surface area contributed by atoms with E-state index in [2.05, 4.69) is 43.3 Å². The van der Waals surface area contributed by atoms with Gasteiger partial charge in [0, 0.05) is 36.0 Å². The summed E-state index contributed by atoms with van der Waals surface area (Å²) in [6.07, 6.45) is -2.03. The lowest BCUT2D eigenvalue weighted by molar-refractivity contribution is -0.192. The van der Waals surface area contributed by atoms with Gasteiger partial charge in [-0.1, -0.05) is 48.5 Å². The van der Waals surface area contributed by atoms with Gasteiger partial charge in [0.25, 0.3) is 0 Å². The molecule has 0 aliphatic rings. The highest BCUT2D eigenvalue weighted by Crippen LogP contribution is 2.28. The van der Waals surface area contributed by atoms with Crippen molar-refractivity contribution in [3.63, 3.8) is 0 Å². The van der Waals surface area contributed by atoms with Crippen molar-refractivity contribution in [2.45, 2.75) is 51.0 Å². The maximum atomic E-state index is 13.2. The summed E-state index contributed by atoms with van der Waals surface area (Å²) in [5, 5.41) is 20.7. The highest BCUT2D eigenvalue weighted by Gasteiger charge is 2.38. The fourth-order valence-electron chi connectivity index (χ4n) is 4.90. The van der Waals surface area contributed by atoms with Crippen LogP contribution in [0.1, 0.15) is 48.2 Å². The van der Waals surface area contributed by atoms with E-state index in [4.69, 9.17) is 25.1 Å². The average Bonchev–Trinajstić information content (AvgIpc) is 3.64. The number of alkyl halides is 3. The zero-order valence-corrected chi connectivity index (χ0v) is 26.8. The van der Waals surface area contributed by atoms with Crippen molar-refractivity contribution in [1.82, 2.24) is 25.1 Å². The number of amides is 1. The molecule has 254 valence electrons. The molecule has 5 N–H and O–H groups in total. The molecule has 0 saturated heterocycles. The van der Waals surface area contributed by atoms with Gasteiger partial charge in [-0.3, -0.25) is 4.79 Å². The predicted molar refractivity (Wildman–Crippen MR) is 173 cm³/mol. The highest BCUT2D eigenvalue weighted by atomic mass is 19.4. The first-order valence-corrected chi connectivity index (χ1v) is 14.8. The molecule has 0 aliphatic carbocycles. The van der Waals surface area contributed by atoms with Gasteiger partial charge in [-0.05, 0) is 48.7 Å². The molecule has 3 aromatic carbocycles. The minimum Gasteiger partial charge on any atom is -0.497 e. The van der Waals surface area contributed by atoms with E-state index in [1.54, 1.807) is 28.1 Å². The third-order valence-corrected chi connectivity index (χ3v) is 7.36. The second kappa shape index (κ2) is 15.0. The number of ether oxygens (including phenoxy) is 2. The number of H-pyrrole nitrogens is 1. The molecule has 1 atom stereocenters. The maximum absolute atomic E-state index is 13.2. The number of benzene rings is 3. The van der Waals surface area contributed by atoms with Gasteiger partial charge in [0.15, 0.2) is 5.82 Å². The number of carbonyl (C=O) groups excluding carboxylic acids is 1. The topological polar surface area (TPSA) is 157 Å². The fraction of sp³-hybridized carbons (Fsp3) is 0.294. The fourth-order valence-corrected chi connectivity index (χ4v) is 4.90. The minimum atomic E-state index is -5.08. The van der Waals surface area contributed by atoms with E-state index in [9.17, 15) is 18.0 Å². The number of aliphatic carboxylic acids is 1. The minimum absolute atomic E-state index is 0.274. The normalized spacial score (nSPS) is 12.2. The molecular weight excluding hydrogens is 629 g/mol. The molecule has 1 amide bonds. The van der Waals surface area contributed by atoms with E-state index in [1.807, 2.05) is 60.8 Å². The van der Waals surface area contributed by atoms with Crippen LogP contribution in [0.3, 0.4) is 0 Å². The van der Waals surface area contributed by atoms with E-state index in [-0.39, 0.29) is 5.91 Å². The van der Waals surface area contributed by atoms with Gasteiger partial charge in [0.1, 0.15) is 17.3 Å². The van der Waals surface area contributed by atoms with Gasteiger partial charge in [-0.2, -0.15) is 13.2 Å². The molecule has 14 heteroatoms. The smallest absolute Gasteiger partial charge is 0.490 e. The Kier molecular flexibility index (Phi) is 11.1. The van der Waals surface area contributed by atoms with Crippen LogP contribution < -0.4 is 20.5 Å². The van der Waals surface area contributed by atoms with Gasteiger partial charge in [0.2, 0.25) is 5.91 Å². The van der Waals surface area contributed by atoms with E-state index < -0.39 is 23.7 Å². The number of aromatic amines is 1. The monoisotopic (exact) mass is 666 g/mol. The van der Waals surface area contributed by atoms with Gasteiger partial charge in [-0.15, -0.1) is 10.2 Å². The summed E-state index contributed by atoms with van der Waals surface area (Å²) < 4.78 is 44.9. The zero-order valence-electron chi connectivity index (χ0n) is 26.8. The molecule has 5 rings (SSSR count). The third-order valence-electron chi connectivity index (χ3n) is 7.36. The number of carbonyl (C=O) groups is 2. The van der Waals surface area contributed by atoms with Crippen LogP contribution in [0.25, 0.3) is 10.9 Å². The predicted octanol–water partition coefficient (Wildman–Crippen LogP) is 5.19. The highest BCUT2D eigenvalue weighted by molar-refractivity contribution is 5.86. The van der Waals surface area contributed by atoms with Gasteiger partial charge >= 0.3 is 12.1 Å². The van der Waals surface area contributed by atoms with E-state index in [0.717, 1.165) is 33.4 Å². The summed E-state index contributed by atoms with van der Waals surface area (Å²) in [7, 11) is 3.26. The Hall–Kier alpha value is -5.37. The summed E-state index contributed by atoms with van der Waals surface area (Å²) >= 11 is 0. The number of nitrogens with two attached hydrogens (primary N) is 1. The van der Waals surface area contributed by atoms with Gasteiger partial charge in [-0.25, -0.2) is 4.79 Å². The van der Waals surface area contributed by atoms with E-state index >= 15 is 0 Å². The molecule has 0 bridgehead atoms. The molecule has 5 aromatic rings. The Labute approximate surface area is 274 Å². The van der Waals surface area contributed by atoms with Crippen molar-refractivity contribution in [1.29, 1.82) is 0 Å². The lowest BCUT2D eigenvalue weighted by Gasteiger charge is -2.25. The molecule has 0 aliphatic heterocycles. The Morgan fingerprint density at radius 1 is 0.958 bits per heavy atom. The van der Waals surface area contributed by atoms with Crippen LogP contribution in [0.15, 0.2) is 79.0 Å². The zero-order chi connectivity index (χ0) is 35.1. The number of methoxy groups -OCH3 is 2. The SMILES string of the molecule is COc1cc(Cn2c(Cc3ccccc3)nnc2[C@@H](Cc2c[nH]c3ccccc23)NC(=O)C(C)(C)N)cc(OC)c1.O=C(O)C(F)(F)F. The number of hydrogen-bond acceptors (Lipinski definition) is 7. The second-order valence-electron chi connectivity index (χ2n) is 11.6. The first-order valence-electron chi connectivity index (χ1n) is 14.8. The molecular formula is C34H37F3N6O5. The van der Waals surface area contributed by atoms with Crippen LogP contribution in [-0.4, -0.2) is 62.7 Å². The Morgan fingerprint density at radius 2 is 1.56 bits per heavy atom. The van der Waals surface area contributed by atoms with Crippen LogP contribution in [0.5, 0.6) is 11.5 Å². The summed E-state index contributed by atoms with van der Waals surface area (Å²) in [6, 6.07) is 23.5. The number of rotatable bonds is 11. The van der Waals surface area contributed by atoms with Crippen molar-refractivity contribution in [2.75, 3.05) is 14.2 Å². The van der Waals surface area contributed by atoms with E-state index in [0.29, 0.717) is 36.7 Å². The van der Waals surface area contributed by atoms with Crippen LogP contribution >= 0.6 is 0 Å². The first kappa shape index (κ1) is 35.5. The molecule has 0 spiro atoms. The summed E-state index contributed by atoms with van der Waals surface area (Å²) in [5.74, 6) is -0.241. The van der Waals surface area contributed by atoms with Crippen molar-refractivity contribution in [3.8, 4) is 11.5 Å². The lowest BCUT2D eigenvalue weighted by atomic mass is 10.0. The number of carboxylic acid groups (broad SMARTS) is 1. The number of para-hydroxylation sites is 1. The number of carboxylic acids is 1. The second-order valence-corrected chi connectivity index (χ2v) is 11.6. The molecule has 2 heterocycles. The standard InChI is InChI=1S/C32H36N6O3.C2HF3O2/c1-32(2,33)31(39)35-28(17-23-19-34-27-13-9-8-12-26(23)27)30-37-36-29(16-21-10-6-5-7-11-21)38(30)20-22-14-24(40-3)18-25(15-22)41-4;3-2(4,5)1(6)7/h5-15,18-19,28,34H,16-17,20,33H2,1-4H3,(H,35,39);(H,6,7)/t28-;/m1./s1. The van der Waals surface area contributed by atoms with Gasteiger partial charge < -0.3 is 35.2 Å². The number of nitrogens with one attached hydrogen (secondary N) is 2. The van der Waals surface area contributed by atoms with Gasteiger partial charge in [0.05, 0.1) is 32.3 Å². The molecule has 2 aromatic heterocycles. The molecule has 0 fully saturated rings. The molecule has 48 heavy (non-hydrogen) atoms. The van der Waals surface area contributed by atoms with Crippen molar-refractivity contribution in [3.05, 3.63) is 107 Å². The summed E-state index contributed by atoms with van der Waals surface area (Å²) in [4.78, 5) is 25.5. The maximum Gasteiger partial charge on any atom is 0.490 e. The number of hydrogen-bond donors (Lipinski definition) is 4. The Bertz CT molecular complexity index is 1830. The van der Waals surface area contributed by atoms with Crippen molar-refractivity contribution in [2.24, 2.45) is 5.73 Å². The van der Waals surface area contributed by atoms with Crippen LogP contribution in [-0.2, 0) is 29.0 Å². The Balaban J connectivity index is 0.000000671. The van der Waals surface area contributed by atoms with E-state index in [1.165, 1.54) is 0 Å². The first-order chi connectivity index (χ1) is 22.7. The largest absolute Gasteiger partial charge is 0.497 e. The van der Waals surface area contributed by atoms with Crippen LogP contribution in [0, 0.1) is 0 Å². The molecule has 0 unspecified atom stereocenters. The Morgan fingerprint density at radius 3 is 2.15 bits per heavy atom. The molecule has 11 nitrogen and oxygen atoms in total. The number of fused-ring (bicyclic) bond motifs is 1. The summed E-state index contributed by atoms with van der Waals surface area (Å²) in [5.41, 5.74) is 9.29. The van der Waals surface area contributed by atoms with Crippen LogP contribution in [0.4, 0.5) is 13.2 Å². The summed E-state index contributed by atoms with van der Waals surface area (Å²) in [6.45, 7) is 3.84. The molecule has 0 radical (unpaired) electrons. The van der Waals surface area contributed by atoms with Crippen LogP contribution in [0.2, 0.25) is 0 Å². The van der Waals surface area contributed by atoms with Crippen molar-refractivity contribution < 1.29 is 37.3 Å².